The molecule has 3 heterocycles. The summed E-state index contributed by atoms with van der Waals surface area (Å²) in [7, 11) is 0. The van der Waals surface area contributed by atoms with Crippen molar-refractivity contribution >= 4 is 34.7 Å². The van der Waals surface area contributed by atoms with Crippen LogP contribution in [0.15, 0.2) is 30.5 Å². The summed E-state index contributed by atoms with van der Waals surface area (Å²) in [5.41, 5.74) is 11.6. The molecule has 1 aliphatic rings. The van der Waals surface area contributed by atoms with E-state index in [4.69, 9.17) is 25.1 Å². The lowest BCUT2D eigenvalue weighted by molar-refractivity contribution is -0.141. The number of carbonyl (C=O) groups excluding carboxylic acids is 1. The molecule has 14 nitrogen and oxygen atoms in total. The predicted octanol–water partition coefficient (Wildman–Crippen LogP) is 3.76. The third-order valence-electron chi connectivity index (χ3n) is 9.38. The van der Waals surface area contributed by atoms with Gasteiger partial charge in [-0.3, -0.25) is 14.5 Å². The number of ether oxygens (including phenoxy) is 3. The number of carbonyl (C=O) groups is 2. The van der Waals surface area contributed by atoms with Gasteiger partial charge in [0.05, 0.1) is 57.5 Å². The predicted molar refractivity (Wildman–Crippen MR) is 203 cm³/mol. The molecular formula is C38H60N8O6. The number of nitrogens with zero attached hydrogens (tertiary/aromatic N) is 5. The average Bonchev–Trinajstić information content (AvgIpc) is 3.53. The number of hydrogen-bond acceptors (Lipinski definition) is 11. The van der Waals surface area contributed by atoms with Gasteiger partial charge in [-0.1, -0.05) is 44.9 Å². The fourth-order valence-electron chi connectivity index (χ4n) is 6.16. The number of carboxylic acid groups (broad SMARTS) is 1. The maximum atomic E-state index is 12.8. The van der Waals surface area contributed by atoms with Gasteiger partial charge in [0.15, 0.2) is 5.82 Å². The molecule has 1 fully saturated rings. The molecule has 1 unspecified atom stereocenters. The van der Waals surface area contributed by atoms with Crippen molar-refractivity contribution in [2.45, 2.75) is 66.0 Å². The zero-order chi connectivity index (χ0) is 37.1. The van der Waals surface area contributed by atoms with Gasteiger partial charge < -0.3 is 45.2 Å². The summed E-state index contributed by atoms with van der Waals surface area (Å²) < 4.78 is 18.9. The number of amides is 1. The number of nitrogens with one attached hydrogen (secondary N) is 2. The summed E-state index contributed by atoms with van der Waals surface area (Å²) in [5.74, 6) is 0.0851. The highest BCUT2D eigenvalue weighted by Gasteiger charge is 2.21. The highest BCUT2D eigenvalue weighted by molar-refractivity contribution is 5.87. The minimum atomic E-state index is -0.771. The zero-order valence-electron chi connectivity index (χ0n) is 31.4. The molecule has 5 N–H and O–H groups in total. The first-order valence-electron chi connectivity index (χ1n) is 18.9. The smallest absolute Gasteiger partial charge is 0.306 e. The molecule has 288 valence electrons. The lowest BCUT2D eigenvalue weighted by Crippen LogP contribution is -2.48. The maximum absolute atomic E-state index is 12.8. The number of aryl methyl sites for hydroxylation is 1. The first-order valence-corrected chi connectivity index (χ1v) is 18.9. The van der Waals surface area contributed by atoms with E-state index in [-0.39, 0.29) is 17.8 Å². The van der Waals surface area contributed by atoms with Crippen LogP contribution in [0.25, 0.3) is 11.0 Å². The maximum Gasteiger partial charge on any atom is 0.306 e. The molecular weight excluding hydrogens is 664 g/mol. The van der Waals surface area contributed by atoms with E-state index in [0.717, 1.165) is 69.1 Å². The Labute approximate surface area is 308 Å². The molecule has 1 aliphatic heterocycles. The van der Waals surface area contributed by atoms with Gasteiger partial charge in [0.25, 0.3) is 0 Å². The summed E-state index contributed by atoms with van der Waals surface area (Å²) in [6, 6.07) is 8.71. The number of piperazine rings is 1. The number of hydrogen-bond donors (Lipinski definition) is 4. The van der Waals surface area contributed by atoms with Crippen LogP contribution in [0.1, 0.15) is 62.6 Å². The molecule has 0 saturated carbocycles. The molecule has 3 aromatic rings. The van der Waals surface area contributed by atoms with Crippen molar-refractivity contribution in [1.82, 2.24) is 29.7 Å². The number of nitrogen functional groups attached to an aromatic ring is 1. The minimum Gasteiger partial charge on any atom is -0.481 e. The van der Waals surface area contributed by atoms with E-state index in [1.807, 2.05) is 11.0 Å². The molecule has 1 atom stereocenters. The summed E-state index contributed by atoms with van der Waals surface area (Å²) in [5, 5.41) is 15.5. The average molecular weight is 725 g/mol. The van der Waals surface area contributed by atoms with Gasteiger partial charge in [0, 0.05) is 58.6 Å². The van der Waals surface area contributed by atoms with Crippen LogP contribution in [0.4, 0.5) is 11.8 Å². The number of aromatic nitrogens is 3. The third kappa shape index (κ3) is 13.6. The molecule has 52 heavy (non-hydrogen) atoms. The SMILES string of the molecule is CCCCCNc1nc(N)nc2ccn(Cc3ccc(CN4CCN(C(=O)CCOCCOCCOCCNCCC(C)C(=O)O)CC4)cc3C)c12. The van der Waals surface area contributed by atoms with Crippen LogP contribution in [-0.4, -0.2) is 127 Å². The Balaban J connectivity index is 1.08. The van der Waals surface area contributed by atoms with E-state index in [0.29, 0.717) is 65.6 Å². The number of anilines is 2. The molecule has 1 saturated heterocycles. The highest BCUT2D eigenvalue weighted by Crippen LogP contribution is 2.25. The number of benzene rings is 1. The Morgan fingerprint density at radius 2 is 1.65 bits per heavy atom. The van der Waals surface area contributed by atoms with Crippen molar-refractivity contribution < 1.29 is 28.9 Å². The van der Waals surface area contributed by atoms with Crippen LogP contribution in [0.2, 0.25) is 0 Å². The van der Waals surface area contributed by atoms with Gasteiger partial charge in [-0.25, -0.2) is 4.98 Å². The molecule has 0 aliphatic carbocycles. The fraction of sp³-hybridized carbons (Fsp3) is 0.632. The monoisotopic (exact) mass is 724 g/mol. The second kappa shape index (κ2) is 22.3. The number of nitrogens with two attached hydrogens (primary N) is 1. The Morgan fingerprint density at radius 1 is 0.923 bits per heavy atom. The van der Waals surface area contributed by atoms with Crippen molar-refractivity contribution in [3.8, 4) is 0 Å². The van der Waals surface area contributed by atoms with Crippen LogP contribution >= 0.6 is 0 Å². The van der Waals surface area contributed by atoms with Crippen LogP contribution in [0.3, 0.4) is 0 Å². The van der Waals surface area contributed by atoms with Gasteiger partial charge in [0.2, 0.25) is 11.9 Å². The van der Waals surface area contributed by atoms with Crippen LogP contribution in [0.5, 0.6) is 0 Å². The summed E-state index contributed by atoms with van der Waals surface area (Å²) in [4.78, 5) is 36.9. The molecule has 2 aromatic heterocycles. The van der Waals surface area contributed by atoms with Crippen LogP contribution in [0, 0.1) is 12.8 Å². The standard InChI is InChI=1S/C38H60N8O6/c1-4-5-6-12-41-36-35-33(42-38(39)43-36)10-15-46(35)28-32-8-7-31(26-30(32)3)27-44-16-18-45(19-17-44)34(47)11-20-50-22-24-52-25-23-51-21-14-40-13-9-29(2)37(48)49/h7-8,10,15,26,29,40H,4-6,9,11-14,16-25,27-28H2,1-3H3,(H,48,49)(H3,39,41,42,43). The molecule has 0 bridgehead atoms. The van der Waals surface area contributed by atoms with Gasteiger partial charge in [0.1, 0.15) is 5.52 Å². The summed E-state index contributed by atoms with van der Waals surface area (Å²) in [6.07, 6.45) is 6.44. The van der Waals surface area contributed by atoms with Gasteiger partial charge in [-0.05, 0) is 49.1 Å². The summed E-state index contributed by atoms with van der Waals surface area (Å²) in [6.45, 7) is 15.7. The van der Waals surface area contributed by atoms with Crippen molar-refractivity contribution in [2.75, 3.05) is 96.5 Å². The van der Waals surface area contributed by atoms with E-state index in [1.54, 1.807) is 6.92 Å². The van der Waals surface area contributed by atoms with E-state index >= 15 is 0 Å². The normalized spacial score (nSPS) is 14.2. The van der Waals surface area contributed by atoms with Crippen molar-refractivity contribution in [3.63, 3.8) is 0 Å². The van der Waals surface area contributed by atoms with Crippen LogP contribution < -0.4 is 16.4 Å². The number of carboxylic acids is 1. The minimum absolute atomic E-state index is 0.130. The summed E-state index contributed by atoms with van der Waals surface area (Å²) >= 11 is 0. The molecule has 4 rings (SSSR count). The van der Waals surface area contributed by atoms with Gasteiger partial charge in [-0.15, -0.1) is 0 Å². The molecule has 0 spiro atoms. The van der Waals surface area contributed by atoms with Crippen molar-refractivity contribution in [2.24, 2.45) is 5.92 Å². The Hall–Kier alpha value is -3.82. The Morgan fingerprint density at radius 3 is 2.37 bits per heavy atom. The lowest BCUT2D eigenvalue weighted by atomic mass is 10.0. The number of fused-ring (bicyclic) bond motifs is 1. The second-order valence-corrected chi connectivity index (χ2v) is 13.5. The fourth-order valence-corrected chi connectivity index (χ4v) is 6.16. The van der Waals surface area contributed by atoms with Crippen molar-refractivity contribution in [1.29, 1.82) is 0 Å². The molecule has 0 radical (unpaired) electrons. The molecule has 1 aromatic carbocycles. The first-order chi connectivity index (χ1) is 25.2. The quantitative estimate of drug-likeness (QED) is 0.0936. The Bertz CT molecular complexity index is 1530. The molecule has 1 amide bonds. The molecule has 14 heteroatoms. The Kier molecular flexibility index (Phi) is 17.6. The third-order valence-corrected chi connectivity index (χ3v) is 9.38. The largest absolute Gasteiger partial charge is 0.481 e. The van der Waals surface area contributed by atoms with E-state index in [2.05, 4.69) is 68.3 Å². The lowest BCUT2D eigenvalue weighted by Gasteiger charge is -2.35. The van der Waals surface area contributed by atoms with Crippen LogP contribution in [-0.2, 0) is 36.9 Å². The second-order valence-electron chi connectivity index (χ2n) is 13.5. The number of unbranched alkanes of at least 4 members (excludes halogenated alkanes) is 2. The van der Waals surface area contributed by atoms with Gasteiger partial charge in [-0.2, -0.15) is 4.98 Å². The van der Waals surface area contributed by atoms with E-state index in [1.165, 1.54) is 29.5 Å². The van der Waals surface area contributed by atoms with E-state index in [9.17, 15) is 9.59 Å². The number of aliphatic carboxylic acids is 1. The first kappa shape index (κ1) is 40.9. The van der Waals surface area contributed by atoms with Crippen molar-refractivity contribution in [3.05, 3.63) is 47.2 Å². The number of rotatable bonds is 25. The van der Waals surface area contributed by atoms with Gasteiger partial charge >= 0.3 is 5.97 Å². The zero-order valence-corrected chi connectivity index (χ0v) is 31.4. The topological polar surface area (TPSA) is 169 Å². The highest BCUT2D eigenvalue weighted by atomic mass is 16.5. The van der Waals surface area contributed by atoms with E-state index < -0.39 is 5.97 Å².